The van der Waals surface area contributed by atoms with Crippen molar-refractivity contribution in [1.29, 1.82) is 0 Å². The Labute approximate surface area is 111 Å². The largest absolute Gasteiger partial charge is 0.233 e. The van der Waals surface area contributed by atoms with Gasteiger partial charge in [-0.05, 0) is 25.5 Å². The molecule has 1 heterocycles. The average Bonchev–Trinajstić information content (AvgIpc) is 2.34. The third-order valence-corrected chi connectivity index (χ3v) is 3.07. The molecule has 0 amide bonds. The molecule has 0 aliphatic rings. The van der Waals surface area contributed by atoms with E-state index >= 15 is 0 Å². The summed E-state index contributed by atoms with van der Waals surface area (Å²) in [6, 6.07) is 6.36. The zero-order valence-electron chi connectivity index (χ0n) is 10.4. The smallest absolute Gasteiger partial charge is 0.136 e. The van der Waals surface area contributed by atoms with Crippen LogP contribution in [0.4, 0.5) is 4.39 Å². The molecule has 2 rings (SSSR count). The minimum absolute atomic E-state index is 0.279. The van der Waals surface area contributed by atoms with E-state index in [1.54, 1.807) is 6.07 Å². The fourth-order valence-corrected chi connectivity index (χ4v) is 1.97. The molecule has 0 aliphatic carbocycles. The minimum Gasteiger partial charge on any atom is -0.233 e. The van der Waals surface area contributed by atoms with Gasteiger partial charge in [-0.25, -0.2) is 14.4 Å². The van der Waals surface area contributed by atoms with Gasteiger partial charge in [0.1, 0.15) is 16.8 Å². The second-order valence-electron chi connectivity index (χ2n) is 4.16. The fourth-order valence-electron chi connectivity index (χ4n) is 1.79. The van der Waals surface area contributed by atoms with E-state index in [0.717, 1.165) is 24.0 Å². The topological polar surface area (TPSA) is 25.8 Å². The Morgan fingerprint density at radius 1 is 1.28 bits per heavy atom. The summed E-state index contributed by atoms with van der Waals surface area (Å²) in [7, 11) is 0. The molecule has 0 radical (unpaired) electrons. The molecule has 0 saturated carbocycles. The maximum absolute atomic E-state index is 13.3. The fraction of sp³-hybridized carbons (Fsp3) is 0.286. The molecule has 0 aliphatic heterocycles. The highest BCUT2D eigenvalue weighted by molar-refractivity contribution is 6.30. The number of hydrogen-bond donors (Lipinski definition) is 0. The van der Waals surface area contributed by atoms with Crippen molar-refractivity contribution in [1.82, 2.24) is 9.97 Å². The van der Waals surface area contributed by atoms with Gasteiger partial charge in [-0.15, -0.1) is 0 Å². The van der Waals surface area contributed by atoms with Gasteiger partial charge in [-0.1, -0.05) is 30.7 Å². The third kappa shape index (κ3) is 2.67. The Hall–Kier alpha value is -1.48. The number of aromatic nitrogens is 2. The first-order chi connectivity index (χ1) is 8.61. The van der Waals surface area contributed by atoms with Crippen molar-refractivity contribution in [2.75, 3.05) is 0 Å². The van der Waals surface area contributed by atoms with Crippen LogP contribution in [0.25, 0.3) is 11.3 Å². The molecular formula is C14H14ClFN2. The van der Waals surface area contributed by atoms with E-state index in [0.29, 0.717) is 16.7 Å². The van der Waals surface area contributed by atoms with Gasteiger partial charge in [-0.2, -0.15) is 0 Å². The molecule has 2 aromatic rings. The summed E-state index contributed by atoms with van der Waals surface area (Å²) in [5.74, 6) is 0.422. The molecule has 1 aromatic carbocycles. The lowest BCUT2D eigenvalue weighted by atomic mass is 10.1. The van der Waals surface area contributed by atoms with Crippen LogP contribution in [-0.4, -0.2) is 9.97 Å². The van der Waals surface area contributed by atoms with Gasteiger partial charge in [0.05, 0.1) is 5.69 Å². The molecule has 0 atom stereocenters. The van der Waals surface area contributed by atoms with E-state index in [1.165, 1.54) is 12.1 Å². The van der Waals surface area contributed by atoms with Gasteiger partial charge in [0.25, 0.3) is 0 Å². The van der Waals surface area contributed by atoms with Crippen LogP contribution in [0, 0.1) is 12.7 Å². The van der Waals surface area contributed by atoms with E-state index < -0.39 is 0 Å². The van der Waals surface area contributed by atoms with Crippen molar-refractivity contribution >= 4 is 11.6 Å². The maximum Gasteiger partial charge on any atom is 0.136 e. The molecule has 0 fully saturated rings. The highest BCUT2D eigenvalue weighted by atomic mass is 35.5. The SMILES string of the molecule is CCCc1nc(Cl)c(C)c(-c2cccc(F)c2)n1. The number of rotatable bonds is 3. The van der Waals surface area contributed by atoms with Crippen LogP contribution in [0.5, 0.6) is 0 Å². The molecule has 94 valence electrons. The van der Waals surface area contributed by atoms with E-state index in [9.17, 15) is 4.39 Å². The highest BCUT2D eigenvalue weighted by Crippen LogP contribution is 2.26. The molecule has 0 bridgehead atoms. The van der Waals surface area contributed by atoms with Crippen molar-refractivity contribution in [3.8, 4) is 11.3 Å². The van der Waals surface area contributed by atoms with E-state index in [1.807, 2.05) is 13.0 Å². The molecule has 18 heavy (non-hydrogen) atoms. The summed E-state index contributed by atoms with van der Waals surface area (Å²) in [5, 5.41) is 0.438. The molecule has 0 N–H and O–H groups in total. The van der Waals surface area contributed by atoms with Crippen LogP contribution in [-0.2, 0) is 6.42 Å². The van der Waals surface area contributed by atoms with Gasteiger partial charge in [0.15, 0.2) is 0 Å². The van der Waals surface area contributed by atoms with Gasteiger partial charge in [0, 0.05) is 17.5 Å². The van der Waals surface area contributed by atoms with Gasteiger partial charge < -0.3 is 0 Å². The lowest BCUT2D eigenvalue weighted by Crippen LogP contribution is -2.00. The molecule has 0 saturated heterocycles. The molecule has 0 unspecified atom stereocenters. The van der Waals surface area contributed by atoms with E-state index in [2.05, 4.69) is 16.9 Å². The quantitative estimate of drug-likeness (QED) is 0.777. The summed E-state index contributed by atoms with van der Waals surface area (Å²) < 4.78 is 13.3. The second-order valence-corrected chi connectivity index (χ2v) is 4.52. The lowest BCUT2D eigenvalue weighted by Gasteiger charge is -2.09. The minimum atomic E-state index is -0.279. The number of benzene rings is 1. The lowest BCUT2D eigenvalue weighted by molar-refractivity contribution is 0.628. The molecule has 4 heteroatoms. The monoisotopic (exact) mass is 264 g/mol. The van der Waals surface area contributed by atoms with Crippen LogP contribution in [0.2, 0.25) is 5.15 Å². The number of aryl methyl sites for hydroxylation is 1. The Kier molecular flexibility index (Phi) is 3.92. The summed E-state index contributed by atoms with van der Waals surface area (Å²) >= 11 is 6.10. The first-order valence-corrected chi connectivity index (χ1v) is 6.28. The normalized spacial score (nSPS) is 10.7. The van der Waals surface area contributed by atoms with Crippen molar-refractivity contribution < 1.29 is 4.39 Å². The first-order valence-electron chi connectivity index (χ1n) is 5.90. The number of hydrogen-bond acceptors (Lipinski definition) is 2. The standard InChI is InChI=1S/C14H14ClFN2/c1-3-5-12-17-13(9(2)14(15)18-12)10-6-4-7-11(16)8-10/h4,6-8H,3,5H2,1-2H3. The summed E-state index contributed by atoms with van der Waals surface area (Å²) in [6.45, 7) is 3.90. The molecule has 0 spiro atoms. The Bertz CT molecular complexity index is 570. The molecule has 1 aromatic heterocycles. The molecular weight excluding hydrogens is 251 g/mol. The summed E-state index contributed by atoms with van der Waals surface area (Å²) in [4.78, 5) is 8.70. The Morgan fingerprint density at radius 2 is 2.06 bits per heavy atom. The van der Waals surface area contributed by atoms with Crippen LogP contribution in [0.3, 0.4) is 0 Å². The van der Waals surface area contributed by atoms with Gasteiger partial charge in [-0.3, -0.25) is 0 Å². The van der Waals surface area contributed by atoms with E-state index in [4.69, 9.17) is 11.6 Å². The predicted octanol–water partition coefficient (Wildman–Crippen LogP) is 4.20. The maximum atomic E-state index is 13.3. The zero-order chi connectivity index (χ0) is 13.1. The first kappa shape index (κ1) is 13.0. The second kappa shape index (κ2) is 5.44. The van der Waals surface area contributed by atoms with Crippen LogP contribution in [0.1, 0.15) is 24.7 Å². The predicted molar refractivity (Wildman–Crippen MR) is 71.2 cm³/mol. The van der Waals surface area contributed by atoms with Gasteiger partial charge >= 0.3 is 0 Å². The van der Waals surface area contributed by atoms with Gasteiger partial charge in [0.2, 0.25) is 0 Å². The number of halogens is 2. The van der Waals surface area contributed by atoms with Crippen molar-refractivity contribution in [3.63, 3.8) is 0 Å². The zero-order valence-corrected chi connectivity index (χ0v) is 11.1. The van der Waals surface area contributed by atoms with Crippen LogP contribution in [0.15, 0.2) is 24.3 Å². The van der Waals surface area contributed by atoms with Crippen LogP contribution >= 0.6 is 11.6 Å². The number of nitrogens with zero attached hydrogens (tertiary/aromatic N) is 2. The molecule has 2 nitrogen and oxygen atoms in total. The summed E-state index contributed by atoms with van der Waals surface area (Å²) in [6.07, 6.45) is 1.71. The van der Waals surface area contributed by atoms with Crippen molar-refractivity contribution in [2.24, 2.45) is 0 Å². The van der Waals surface area contributed by atoms with Crippen molar-refractivity contribution in [2.45, 2.75) is 26.7 Å². The Balaban J connectivity index is 2.55. The van der Waals surface area contributed by atoms with Crippen LogP contribution < -0.4 is 0 Å². The summed E-state index contributed by atoms with van der Waals surface area (Å²) in [5.41, 5.74) is 2.22. The highest BCUT2D eigenvalue weighted by Gasteiger charge is 2.11. The third-order valence-electron chi connectivity index (χ3n) is 2.70. The van der Waals surface area contributed by atoms with Crippen molar-refractivity contribution in [3.05, 3.63) is 46.6 Å². The average molecular weight is 265 g/mol. The van der Waals surface area contributed by atoms with E-state index in [-0.39, 0.29) is 5.82 Å². The Morgan fingerprint density at radius 3 is 2.72 bits per heavy atom.